The zero-order chi connectivity index (χ0) is 19.6. The Bertz CT molecular complexity index is 893. The number of nitro benzene ring substituents is 1. The molecule has 8 heteroatoms. The number of nitro groups is 1. The molecule has 2 heterocycles. The third kappa shape index (κ3) is 3.85. The molecule has 142 valence electrons. The summed E-state index contributed by atoms with van der Waals surface area (Å²) in [5, 5.41) is 15.7. The van der Waals surface area contributed by atoms with Crippen LogP contribution in [0.3, 0.4) is 0 Å². The van der Waals surface area contributed by atoms with Crippen LogP contribution >= 0.6 is 11.3 Å². The first-order chi connectivity index (χ1) is 12.9. The second-order valence-corrected chi connectivity index (χ2v) is 7.50. The lowest BCUT2D eigenvalue weighted by Gasteiger charge is -2.35. The first-order valence-electron chi connectivity index (χ1n) is 8.81. The van der Waals surface area contributed by atoms with Crippen LogP contribution in [0.5, 0.6) is 0 Å². The number of aryl methyl sites for hydroxylation is 1. The number of amides is 2. The van der Waals surface area contributed by atoms with Gasteiger partial charge in [0.1, 0.15) is 0 Å². The van der Waals surface area contributed by atoms with E-state index in [1.807, 2.05) is 17.2 Å². The minimum absolute atomic E-state index is 0.0323. The number of benzene rings is 1. The van der Waals surface area contributed by atoms with E-state index in [0.717, 1.165) is 12.8 Å². The van der Waals surface area contributed by atoms with Crippen molar-refractivity contribution in [3.8, 4) is 0 Å². The fraction of sp³-hybridized carbons (Fsp3) is 0.368. The molecule has 1 aliphatic rings. The summed E-state index contributed by atoms with van der Waals surface area (Å²) in [4.78, 5) is 38.6. The van der Waals surface area contributed by atoms with Crippen LogP contribution in [0.2, 0.25) is 0 Å². The predicted molar refractivity (Wildman–Crippen MR) is 103 cm³/mol. The van der Waals surface area contributed by atoms with Crippen molar-refractivity contribution < 1.29 is 14.5 Å². The Morgan fingerprint density at radius 1 is 1.37 bits per heavy atom. The zero-order valence-corrected chi connectivity index (χ0v) is 16.0. The molecule has 0 saturated carbocycles. The van der Waals surface area contributed by atoms with Gasteiger partial charge in [-0.25, -0.2) is 0 Å². The van der Waals surface area contributed by atoms with Gasteiger partial charge in [0, 0.05) is 28.6 Å². The molecule has 0 fully saturated rings. The Labute approximate surface area is 161 Å². The van der Waals surface area contributed by atoms with E-state index in [9.17, 15) is 19.7 Å². The first kappa shape index (κ1) is 19.0. The molecule has 2 aromatic rings. The highest BCUT2D eigenvalue weighted by atomic mass is 32.1. The molecule has 1 aliphatic heterocycles. The van der Waals surface area contributed by atoms with Gasteiger partial charge in [0.2, 0.25) is 5.91 Å². The smallest absolute Gasteiger partial charge is 0.273 e. The quantitative estimate of drug-likeness (QED) is 0.630. The molecule has 0 radical (unpaired) electrons. The summed E-state index contributed by atoms with van der Waals surface area (Å²) in [5.41, 5.74) is 1.74. The fourth-order valence-corrected chi connectivity index (χ4v) is 4.37. The average Bonchev–Trinajstić information content (AvgIpc) is 3.13. The lowest BCUT2D eigenvalue weighted by atomic mass is 9.98. The van der Waals surface area contributed by atoms with Crippen molar-refractivity contribution in [2.24, 2.45) is 0 Å². The van der Waals surface area contributed by atoms with Crippen molar-refractivity contribution in [1.82, 2.24) is 10.2 Å². The topological polar surface area (TPSA) is 92.6 Å². The molecule has 3 rings (SSSR count). The lowest BCUT2D eigenvalue weighted by Crippen LogP contribution is -2.44. The van der Waals surface area contributed by atoms with Crippen molar-refractivity contribution in [1.29, 1.82) is 0 Å². The van der Waals surface area contributed by atoms with Gasteiger partial charge in [0.05, 0.1) is 17.5 Å². The summed E-state index contributed by atoms with van der Waals surface area (Å²) in [6.45, 7) is 4.16. The molecular formula is C19H21N3O4S. The van der Waals surface area contributed by atoms with E-state index < -0.39 is 10.8 Å². The van der Waals surface area contributed by atoms with Crippen molar-refractivity contribution in [2.75, 3.05) is 13.1 Å². The van der Waals surface area contributed by atoms with Crippen molar-refractivity contribution in [3.05, 3.63) is 61.3 Å². The van der Waals surface area contributed by atoms with Gasteiger partial charge in [-0.1, -0.05) is 13.0 Å². The molecule has 1 N–H and O–H groups in total. The second kappa shape index (κ2) is 7.87. The van der Waals surface area contributed by atoms with Gasteiger partial charge in [-0.05, 0) is 42.8 Å². The summed E-state index contributed by atoms with van der Waals surface area (Å²) in [7, 11) is 0. The summed E-state index contributed by atoms with van der Waals surface area (Å²) >= 11 is 1.72. The number of nitrogens with zero attached hydrogens (tertiary/aromatic N) is 2. The Balaban J connectivity index is 1.66. The third-order valence-corrected chi connectivity index (χ3v) is 5.87. The number of thiophene rings is 1. The lowest BCUT2D eigenvalue weighted by molar-refractivity contribution is -0.385. The number of hydrogen-bond acceptors (Lipinski definition) is 5. The van der Waals surface area contributed by atoms with Crippen LogP contribution in [0.15, 0.2) is 29.6 Å². The number of hydrogen-bond donors (Lipinski definition) is 1. The van der Waals surface area contributed by atoms with Gasteiger partial charge in [-0.2, -0.15) is 0 Å². The SMILES string of the molecule is CCC1c2ccsc2CCN1C(=O)CNC(=O)c1ccc(C)c([N+](=O)[O-])c1. The van der Waals surface area contributed by atoms with Crippen LogP contribution in [-0.2, 0) is 11.2 Å². The molecule has 0 aliphatic carbocycles. The molecule has 2 amide bonds. The van der Waals surface area contributed by atoms with E-state index in [2.05, 4.69) is 11.4 Å². The third-order valence-electron chi connectivity index (χ3n) is 4.87. The van der Waals surface area contributed by atoms with E-state index in [0.29, 0.717) is 12.1 Å². The van der Waals surface area contributed by atoms with Crippen LogP contribution in [0.1, 0.15) is 45.7 Å². The summed E-state index contributed by atoms with van der Waals surface area (Å²) in [6.07, 6.45) is 1.64. The van der Waals surface area contributed by atoms with E-state index in [4.69, 9.17) is 0 Å². The number of nitrogens with one attached hydrogen (secondary N) is 1. The minimum Gasteiger partial charge on any atom is -0.343 e. The van der Waals surface area contributed by atoms with Crippen molar-refractivity contribution >= 4 is 28.8 Å². The molecule has 1 unspecified atom stereocenters. The van der Waals surface area contributed by atoms with E-state index in [1.165, 1.54) is 28.6 Å². The maximum atomic E-state index is 12.7. The predicted octanol–water partition coefficient (Wildman–Crippen LogP) is 3.23. The molecule has 0 bridgehead atoms. The number of carbonyl (C=O) groups is 2. The molecule has 0 saturated heterocycles. The van der Waals surface area contributed by atoms with Gasteiger partial charge < -0.3 is 10.2 Å². The van der Waals surface area contributed by atoms with E-state index in [-0.39, 0.29) is 29.7 Å². The molecule has 0 spiro atoms. The van der Waals surface area contributed by atoms with Gasteiger partial charge in [-0.15, -0.1) is 11.3 Å². The summed E-state index contributed by atoms with van der Waals surface area (Å²) in [6, 6.07) is 6.39. The van der Waals surface area contributed by atoms with Crippen LogP contribution in [0.4, 0.5) is 5.69 Å². The minimum atomic E-state index is -0.519. The van der Waals surface area contributed by atoms with Gasteiger partial charge in [0.15, 0.2) is 0 Å². The number of fused-ring (bicyclic) bond motifs is 1. The standard InChI is InChI=1S/C19H21N3O4S/c1-3-15-14-7-9-27-17(14)6-8-21(15)18(23)11-20-19(24)13-5-4-12(2)16(10-13)22(25)26/h4-5,7,9-10,15H,3,6,8,11H2,1-2H3,(H,20,24). The zero-order valence-electron chi connectivity index (χ0n) is 15.2. The first-order valence-corrected chi connectivity index (χ1v) is 9.69. The summed E-state index contributed by atoms with van der Waals surface area (Å²) in [5.74, 6) is -0.638. The van der Waals surface area contributed by atoms with Crippen molar-refractivity contribution in [2.45, 2.75) is 32.7 Å². The van der Waals surface area contributed by atoms with Gasteiger partial charge >= 0.3 is 0 Å². The van der Waals surface area contributed by atoms with Crippen LogP contribution in [-0.4, -0.2) is 34.7 Å². The monoisotopic (exact) mass is 387 g/mol. The van der Waals surface area contributed by atoms with E-state index >= 15 is 0 Å². The normalized spacial score (nSPS) is 15.9. The highest BCUT2D eigenvalue weighted by Crippen LogP contribution is 2.35. The molecule has 1 aromatic carbocycles. The highest BCUT2D eigenvalue weighted by Gasteiger charge is 2.30. The maximum Gasteiger partial charge on any atom is 0.273 e. The fourth-order valence-electron chi connectivity index (χ4n) is 3.44. The summed E-state index contributed by atoms with van der Waals surface area (Å²) < 4.78 is 0. The second-order valence-electron chi connectivity index (χ2n) is 6.50. The largest absolute Gasteiger partial charge is 0.343 e. The molecule has 1 aromatic heterocycles. The van der Waals surface area contributed by atoms with E-state index in [1.54, 1.807) is 18.3 Å². The molecule has 27 heavy (non-hydrogen) atoms. The van der Waals surface area contributed by atoms with Crippen molar-refractivity contribution in [3.63, 3.8) is 0 Å². The Morgan fingerprint density at radius 2 is 2.15 bits per heavy atom. The molecule has 7 nitrogen and oxygen atoms in total. The average molecular weight is 387 g/mol. The Morgan fingerprint density at radius 3 is 2.85 bits per heavy atom. The Kier molecular flexibility index (Phi) is 5.55. The maximum absolute atomic E-state index is 12.7. The van der Waals surface area contributed by atoms with Gasteiger partial charge in [-0.3, -0.25) is 19.7 Å². The molecular weight excluding hydrogens is 366 g/mol. The highest BCUT2D eigenvalue weighted by molar-refractivity contribution is 7.10. The van der Waals surface area contributed by atoms with Crippen LogP contribution < -0.4 is 5.32 Å². The van der Waals surface area contributed by atoms with Gasteiger partial charge in [0.25, 0.3) is 11.6 Å². The van der Waals surface area contributed by atoms with Crippen LogP contribution in [0, 0.1) is 17.0 Å². The van der Waals surface area contributed by atoms with Crippen LogP contribution in [0.25, 0.3) is 0 Å². The Hall–Kier alpha value is -2.74. The number of rotatable bonds is 5. The molecule has 1 atom stereocenters. The number of carbonyl (C=O) groups excluding carboxylic acids is 2.